The van der Waals surface area contributed by atoms with Gasteiger partial charge in [0.25, 0.3) is 0 Å². The van der Waals surface area contributed by atoms with Gasteiger partial charge in [0.1, 0.15) is 5.75 Å². The molecule has 1 unspecified atom stereocenters. The molecule has 21 heavy (non-hydrogen) atoms. The number of halogens is 3. The molecule has 0 aliphatic carbocycles. The Kier molecular flexibility index (Phi) is 3.49. The summed E-state index contributed by atoms with van der Waals surface area (Å²) in [5.41, 5.74) is 3.07. The van der Waals surface area contributed by atoms with Crippen LogP contribution in [0.3, 0.4) is 0 Å². The van der Waals surface area contributed by atoms with Gasteiger partial charge in [-0.3, -0.25) is 0 Å². The van der Waals surface area contributed by atoms with Crippen LogP contribution in [-0.2, 0) is 6.42 Å². The number of benzene rings is 2. The van der Waals surface area contributed by atoms with Gasteiger partial charge in [0.15, 0.2) is 0 Å². The second kappa shape index (κ2) is 5.31. The van der Waals surface area contributed by atoms with Crippen molar-refractivity contribution < 1.29 is 17.9 Å². The zero-order valence-corrected chi connectivity index (χ0v) is 11.2. The molecule has 1 atom stereocenters. The molecule has 5 heteroatoms. The molecular formula is C16H14F3NO. The number of fused-ring (bicyclic) bond motifs is 1. The first kappa shape index (κ1) is 13.8. The molecular weight excluding hydrogens is 279 g/mol. The van der Waals surface area contributed by atoms with E-state index in [-0.39, 0.29) is 11.8 Å². The highest BCUT2D eigenvalue weighted by Gasteiger charge is 2.31. The topological polar surface area (TPSA) is 21.3 Å². The quantitative estimate of drug-likeness (QED) is 0.867. The molecule has 0 saturated heterocycles. The first-order valence-electron chi connectivity index (χ1n) is 6.71. The van der Waals surface area contributed by atoms with Crippen molar-refractivity contribution in [2.45, 2.75) is 25.2 Å². The van der Waals surface area contributed by atoms with Gasteiger partial charge in [0.05, 0.1) is 6.04 Å². The predicted molar refractivity (Wildman–Crippen MR) is 74.3 cm³/mol. The standard InChI is InChI=1S/C16H14F3NO/c17-16(18,19)21-13-6-3-5-12(10-13)15-9-8-11-4-1-2-7-14(11)20-15/h1-7,10,15,20H,8-9H2. The van der Waals surface area contributed by atoms with E-state index in [1.54, 1.807) is 6.07 Å². The van der Waals surface area contributed by atoms with Gasteiger partial charge in [-0.15, -0.1) is 13.2 Å². The summed E-state index contributed by atoms with van der Waals surface area (Å²) in [6.45, 7) is 0. The molecule has 2 nitrogen and oxygen atoms in total. The summed E-state index contributed by atoms with van der Waals surface area (Å²) < 4.78 is 40.8. The minimum absolute atomic E-state index is 0.00307. The monoisotopic (exact) mass is 293 g/mol. The largest absolute Gasteiger partial charge is 0.573 e. The average Bonchev–Trinajstić information content (AvgIpc) is 2.45. The summed E-state index contributed by atoms with van der Waals surface area (Å²) in [6, 6.07) is 14.1. The maximum absolute atomic E-state index is 12.3. The van der Waals surface area contributed by atoms with E-state index in [4.69, 9.17) is 0 Å². The lowest BCUT2D eigenvalue weighted by Gasteiger charge is -2.27. The third-order valence-corrected chi connectivity index (χ3v) is 3.54. The van der Waals surface area contributed by atoms with Crippen molar-refractivity contribution in [3.05, 3.63) is 59.7 Å². The van der Waals surface area contributed by atoms with Gasteiger partial charge in [0.2, 0.25) is 0 Å². The van der Waals surface area contributed by atoms with Crippen molar-refractivity contribution in [1.29, 1.82) is 0 Å². The normalized spacial score (nSPS) is 17.8. The molecule has 0 spiro atoms. The van der Waals surface area contributed by atoms with Gasteiger partial charge in [0, 0.05) is 5.69 Å². The Morgan fingerprint density at radius 2 is 1.86 bits per heavy atom. The van der Waals surface area contributed by atoms with Gasteiger partial charge >= 0.3 is 6.36 Å². The van der Waals surface area contributed by atoms with E-state index in [0.29, 0.717) is 0 Å². The summed E-state index contributed by atoms with van der Waals surface area (Å²) in [5, 5.41) is 3.37. The molecule has 1 aliphatic heterocycles. The summed E-state index contributed by atoms with van der Waals surface area (Å²) >= 11 is 0. The lowest BCUT2D eigenvalue weighted by Crippen LogP contribution is -2.19. The van der Waals surface area contributed by atoms with Crippen LogP contribution in [0.15, 0.2) is 48.5 Å². The summed E-state index contributed by atoms with van der Waals surface area (Å²) in [7, 11) is 0. The number of anilines is 1. The lowest BCUT2D eigenvalue weighted by atomic mass is 9.93. The van der Waals surface area contributed by atoms with Crippen LogP contribution in [0.2, 0.25) is 0 Å². The third kappa shape index (κ3) is 3.29. The minimum Gasteiger partial charge on any atom is -0.406 e. The molecule has 0 aromatic heterocycles. The number of aryl methyl sites for hydroxylation is 1. The van der Waals surface area contributed by atoms with Gasteiger partial charge in [-0.25, -0.2) is 0 Å². The third-order valence-electron chi connectivity index (χ3n) is 3.54. The first-order valence-corrected chi connectivity index (χ1v) is 6.71. The van der Waals surface area contributed by atoms with Crippen LogP contribution in [0, 0.1) is 0 Å². The molecule has 0 bridgehead atoms. The van der Waals surface area contributed by atoms with E-state index in [0.717, 1.165) is 24.1 Å². The second-order valence-corrected chi connectivity index (χ2v) is 5.01. The zero-order valence-electron chi connectivity index (χ0n) is 11.2. The first-order chi connectivity index (χ1) is 10.0. The van der Waals surface area contributed by atoms with E-state index in [1.807, 2.05) is 24.3 Å². The van der Waals surface area contributed by atoms with Crippen molar-refractivity contribution in [2.75, 3.05) is 5.32 Å². The van der Waals surface area contributed by atoms with Gasteiger partial charge < -0.3 is 10.1 Å². The van der Waals surface area contributed by atoms with Crippen molar-refractivity contribution in [3.63, 3.8) is 0 Å². The van der Waals surface area contributed by atoms with Crippen LogP contribution in [0.5, 0.6) is 5.75 Å². The fourth-order valence-corrected chi connectivity index (χ4v) is 2.62. The Morgan fingerprint density at radius 3 is 2.67 bits per heavy atom. The zero-order chi connectivity index (χ0) is 14.9. The Morgan fingerprint density at radius 1 is 1.05 bits per heavy atom. The molecule has 2 aromatic rings. The molecule has 0 fully saturated rings. The van der Waals surface area contributed by atoms with Crippen LogP contribution in [0.4, 0.5) is 18.9 Å². The van der Waals surface area contributed by atoms with Crippen molar-refractivity contribution in [2.24, 2.45) is 0 Å². The highest BCUT2D eigenvalue weighted by Crippen LogP contribution is 2.34. The van der Waals surface area contributed by atoms with Gasteiger partial charge in [-0.1, -0.05) is 30.3 Å². The van der Waals surface area contributed by atoms with Crippen molar-refractivity contribution in [1.82, 2.24) is 0 Å². The summed E-state index contributed by atoms with van der Waals surface area (Å²) in [5.74, 6) is -0.180. The van der Waals surface area contributed by atoms with Crippen LogP contribution >= 0.6 is 0 Å². The van der Waals surface area contributed by atoms with Crippen molar-refractivity contribution >= 4 is 5.69 Å². The molecule has 1 N–H and O–H groups in total. The fraction of sp³-hybridized carbons (Fsp3) is 0.250. The maximum atomic E-state index is 12.3. The number of para-hydroxylation sites is 1. The number of rotatable bonds is 2. The van der Waals surface area contributed by atoms with E-state index < -0.39 is 6.36 Å². The molecule has 0 amide bonds. The van der Waals surface area contributed by atoms with Crippen molar-refractivity contribution in [3.8, 4) is 5.75 Å². The van der Waals surface area contributed by atoms with E-state index in [1.165, 1.54) is 17.7 Å². The fourth-order valence-electron chi connectivity index (χ4n) is 2.62. The average molecular weight is 293 g/mol. The molecule has 3 rings (SSSR count). The molecule has 0 saturated carbocycles. The van der Waals surface area contributed by atoms with E-state index in [2.05, 4.69) is 16.1 Å². The lowest BCUT2D eigenvalue weighted by molar-refractivity contribution is -0.274. The van der Waals surface area contributed by atoms with Gasteiger partial charge in [-0.2, -0.15) is 0 Å². The van der Waals surface area contributed by atoms with Crippen LogP contribution in [0.1, 0.15) is 23.6 Å². The number of alkyl halides is 3. The highest BCUT2D eigenvalue weighted by molar-refractivity contribution is 5.55. The Balaban J connectivity index is 1.81. The Hall–Kier alpha value is -2.17. The second-order valence-electron chi connectivity index (χ2n) is 5.01. The molecule has 0 radical (unpaired) electrons. The Bertz CT molecular complexity index is 639. The summed E-state index contributed by atoms with van der Waals surface area (Å²) in [4.78, 5) is 0. The minimum atomic E-state index is -4.66. The predicted octanol–water partition coefficient (Wildman–Crippen LogP) is 4.68. The van der Waals surface area contributed by atoms with Gasteiger partial charge in [-0.05, 0) is 42.2 Å². The molecule has 110 valence electrons. The molecule has 2 aromatic carbocycles. The number of ether oxygens (including phenoxy) is 1. The van der Waals surface area contributed by atoms with Crippen LogP contribution in [-0.4, -0.2) is 6.36 Å². The number of nitrogens with one attached hydrogen (secondary N) is 1. The number of hydrogen-bond donors (Lipinski definition) is 1. The van der Waals surface area contributed by atoms with E-state index >= 15 is 0 Å². The van der Waals surface area contributed by atoms with Crippen LogP contribution in [0.25, 0.3) is 0 Å². The Labute approximate surface area is 120 Å². The molecule has 1 aliphatic rings. The smallest absolute Gasteiger partial charge is 0.406 e. The number of hydrogen-bond acceptors (Lipinski definition) is 2. The SMILES string of the molecule is FC(F)(F)Oc1cccc(C2CCc3ccccc3N2)c1. The molecule has 1 heterocycles. The summed E-state index contributed by atoms with van der Waals surface area (Å²) in [6.07, 6.45) is -2.92. The maximum Gasteiger partial charge on any atom is 0.573 e. The highest BCUT2D eigenvalue weighted by atomic mass is 19.4. The van der Waals surface area contributed by atoms with Crippen LogP contribution < -0.4 is 10.1 Å². The van der Waals surface area contributed by atoms with E-state index in [9.17, 15) is 13.2 Å².